The summed E-state index contributed by atoms with van der Waals surface area (Å²) in [6.07, 6.45) is -1.16. The number of carbonyl (C=O) groups is 1. The summed E-state index contributed by atoms with van der Waals surface area (Å²) in [6.45, 7) is 1.97. The smallest absolute Gasteiger partial charge is 0.210 e. The van der Waals surface area contributed by atoms with Crippen LogP contribution in [0.25, 0.3) is 0 Å². The minimum Gasteiger partial charge on any atom is -0.494 e. The van der Waals surface area contributed by atoms with Gasteiger partial charge < -0.3 is 9.47 Å². The zero-order valence-electron chi connectivity index (χ0n) is 9.50. The lowest BCUT2D eigenvalue weighted by Gasteiger charge is -2.14. The molecule has 0 aromatic heterocycles. The molecule has 0 bridgehead atoms. The predicted octanol–water partition coefficient (Wildman–Crippen LogP) is 1.99. The number of hydrogen-bond donors (Lipinski definition) is 1. The molecule has 1 rings (SSSR count). The van der Waals surface area contributed by atoms with Crippen molar-refractivity contribution >= 4 is 17.4 Å². The lowest BCUT2D eigenvalue weighted by molar-refractivity contribution is 0.0476. The van der Waals surface area contributed by atoms with Crippen LogP contribution in [0.1, 0.15) is 17.3 Å². The van der Waals surface area contributed by atoms with Crippen molar-refractivity contribution in [2.24, 2.45) is 5.73 Å². The van der Waals surface area contributed by atoms with E-state index >= 15 is 0 Å². The van der Waals surface area contributed by atoms with Crippen LogP contribution < -0.4 is 10.5 Å². The van der Waals surface area contributed by atoms with Gasteiger partial charge in [0.1, 0.15) is 11.6 Å². The van der Waals surface area contributed by atoms with Gasteiger partial charge in [0.05, 0.1) is 17.7 Å². The van der Waals surface area contributed by atoms with Crippen molar-refractivity contribution < 1.29 is 18.7 Å². The summed E-state index contributed by atoms with van der Waals surface area (Å²) in [5, 5.41) is 0.0135. The van der Waals surface area contributed by atoms with Crippen LogP contribution in [0.2, 0.25) is 5.02 Å². The molecule has 6 heteroatoms. The van der Waals surface area contributed by atoms with Gasteiger partial charge in [-0.05, 0) is 19.1 Å². The number of benzene rings is 1. The fraction of sp³-hybridized carbons (Fsp3) is 0.364. The van der Waals surface area contributed by atoms with Gasteiger partial charge >= 0.3 is 0 Å². The first-order chi connectivity index (χ1) is 8.01. The highest BCUT2D eigenvalue weighted by atomic mass is 35.5. The molecule has 0 saturated carbocycles. The molecular formula is C11H13ClFNO3. The van der Waals surface area contributed by atoms with Crippen LogP contribution >= 0.6 is 11.6 Å². The Bertz CT molecular complexity index is 425. The van der Waals surface area contributed by atoms with Gasteiger partial charge in [-0.3, -0.25) is 10.5 Å². The highest BCUT2D eigenvalue weighted by Crippen LogP contribution is 2.30. The van der Waals surface area contributed by atoms with E-state index in [1.54, 1.807) is 6.92 Å². The molecular weight excluding hydrogens is 249 g/mol. The molecule has 0 spiro atoms. The lowest BCUT2D eigenvalue weighted by atomic mass is 10.1. The van der Waals surface area contributed by atoms with Crippen molar-refractivity contribution in [2.75, 3.05) is 13.7 Å². The summed E-state index contributed by atoms with van der Waals surface area (Å²) in [5.74, 6) is -1.12. The minimum absolute atomic E-state index is 0.0135. The highest BCUT2D eigenvalue weighted by molar-refractivity contribution is 6.32. The second kappa shape index (κ2) is 5.95. The quantitative estimate of drug-likeness (QED) is 0.650. The molecule has 0 aliphatic heterocycles. The van der Waals surface area contributed by atoms with E-state index in [4.69, 9.17) is 26.8 Å². The van der Waals surface area contributed by atoms with Crippen LogP contribution in [0, 0.1) is 5.82 Å². The van der Waals surface area contributed by atoms with Gasteiger partial charge in [0.25, 0.3) is 0 Å². The van der Waals surface area contributed by atoms with E-state index in [9.17, 15) is 9.18 Å². The van der Waals surface area contributed by atoms with Gasteiger partial charge in [-0.2, -0.15) is 0 Å². The molecule has 0 radical (unpaired) electrons. The van der Waals surface area contributed by atoms with Gasteiger partial charge in [0.2, 0.25) is 5.78 Å². The van der Waals surface area contributed by atoms with E-state index in [2.05, 4.69) is 0 Å². The third-order valence-electron chi connectivity index (χ3n) is 2.08. The number of ketones is 1. The number of ether oxygens (including phenoxy) is 2. The van der Waals surface area contributed by atoms with Crippen molar-refractivity contribution in [3.8, 4) is 5.75 Å². The average molecular weight is 262 g/mol. The Hall–Kier alpha value is -1.17. The number of rotatable bonds is 5. The molecule has 0 fully saturated rings. The number of carbonyl (C=O) groups excluding carboxylic acids is 1. The second-order valence-corrected chi connectivity index (χ2v) is 3.62. The van der Waals surface area contributed by atoms with Crippen molar-refractivity contribution in [1.29, 1.82) is 0 Å². The Morgan fingerprint density at radius 2 is 2.24 bits per heavy atom. The first-order valence-electron chi connectivity index (χ1n) is 4.95. The number of halogens is 2. The number of methoxy groups -OCH3 is 1. The Morgan fingerprint density at radius 1 is 1.59 bits per heavy atom. The zero-order chi connectivity index (χ0) is 13.0. The molecule has 0 aliphatic rings. The van der Waals surface area contributed by atoms with Crippen molar-refractivity contribution in [3.05, 3.63) is 28.5 Å². The molecule has 0 heterocycles. The maximum absolute atomic E-state index is 13.2. The fourth-order valence-corrected chi connectivity index (χ4v) is 1.64. The summed E-state index contributed by atoms with van der Waals surface area (Å²) in [5.41, 5.74) is 5.46. The maximum Gasteiger partial charge on any atom is 0.210 e. The largest absolute Gasteiger partial charge is 0.494 e. The average Bonchev–Trinajstić information content (AvgIpc) is 2.27. The molecule has 17 heavy (non-hydrogen) atoms. The Kier molecular flexibility index (Phi) is 4.86. The standard InChI is InChI=1S/C11H13ClFNO3/c1-3-17-11(14)9(15)7-4-6(13)5-8(12)10(7)16-2/h4-5,11H,3,14H2,1-2H3. The molecule has 1 unspecified atom stereocenters. The Morgan fingerprint density at radius 3 is 2.76 bits per heavy atom. The topological polar surface area (TPSA) is 61.5 Å². The summed E-state index contributed by atoms with van der Waals surface area (Å²) >= 11 is 5.76. The molecule has 0 amide bonds. The van der Waals surface area contributed by atoms with E-state index in [-0.39, 0.29) is 22.9 Å². The van der Waals surface area contributed by atoms with E-state index in [1.165, 1.54) is 7.11 Å². The Labute approximate surface area is 103 Å². The molecule has 1 aromatic rings. The number of nitrogens with two attached hydrogens (primary N) is 1. The monoisotopic (exact) mass is 261 g/mol. The molecule has 2 N–H and O–H groups in total. The number of Topliss-reactive ketones (excluding diaryl/α,β-unsaturated/α-hetero) is 1. The van der Waals surface area contributed by atoms with Crippen molar-refractivity contribution in [2.45, 2.75) is 13.2 Å². The van der Waals surface area contributed by atoms with Gasteiger partial charge in [-0.25, -0.2) is 4.39 Å². The summed E-state index contributed by atoms with van der Waals surface area (Å²) in [4.78, 5) is 11.9. The van der Waals surface area contributed by atoms with Crippen LogP contribution in [0.15, 0.2) is 12.1 Å². The zero-order valence-corrected chi connectivity index (χ0v) is 10.3. The molecule has 1 atom stereocenters. The number of hydrogen-bond acceptors (Lipinski definition) is 4. The van der Waals surface area contributed by atoms with Crippen LogP contribution in [-0.2, 0) is 4.74 Å². The second-order valence-electron chi connectivity index (χ2n) is 3.21. The van der Waals surface area contributed by atoms with Gasteiger partial charge in [0, 0.05) is 6.61 Å². The van der Waals surface area contributed by atoms with Crippen LogP contribution in [-0.4, -0.2) is 25.7 Å². The highest BCUT2D eigenvalue weighted by Gasteiger charge is 2.22. The summed E-state index contributed by atoms with van der Waals surface area (Å²) in [6, 6.07) is 2.08. The Balaban J connectivity index is 3.16. The first kappa shape index (κ1) is 13.9. The van der Waals surface area contributed by atoms with E-state index in [1.807, 2.05) is 0 Å². The SMILES string of the molecule is CCOC(N)C(=O)c1cc(F)cc(Cl)c1OC. The summed E-state index contributed by atoms with van der Waals surface area (Å²) in [7, 11) is 1.34. The molecule has 4 nitrogen and oxygen atoms in total. The maximum atomic E-state index is 13.2. The minimum atomic E-state index is -1.16. The van der Waals surface area contributed by atoms with Crippen molar-refractivity contribution in [3.63, 3.8) is 0 Å². The van der Waals surface area contributed by atoms with E-state index in [0.29, 0.717) is 0 Å². The van der Waals surface area contributed by atoms with E-state index in [0.717, 1.165) is 12.1 Å². The molecule has 94 valence electrons. The molecule has 0 saturated heterocycles. The van der Waals surface area contributed by atoms with E-state index < -0.39 is 17.8 Å². The van der Waals surface area contributed by atoms with Crippen LogP contribution in [0.3, 0.4) is 0 Å². The first-order valence-corrected chi connectivity index (χ1v) is 5.33. The normalized spacial score (nSPS) is 12.3. The third-order valence-corrected chi connectivity index (χ3v) is 2.36. The molecule has 1 aromatic carbocycles. The molecule has 0 aliphatic carbocycles. The van der Waals surface area contributed by atoms with Gasteiger partial charge in [-0.1, -0.05) is 11.6 Å². The summed E-state index contributed by atoms with van der Waals surface area (Å²) < 4.78 is 23.1. The van der Waals surface area contributed by atoms with Gasteiger partial charge in [-0.15, -0.1) is 0 Å². The van der Waals surface area contributed by atoms with Crippen LogP contribution in [0.4, 0.5) is 4.39 Å². The van der Waals surface area contributed by atoms with Gasteiger partial charge in [0.15, 0.2) is 6.23 Å². The van der Waals surface area contributed by atoms with Crippen LogP contribution in [0.5, 0.6) is 5.75 Å². The van der Waals surface area contributed by atoms with Crippen molar-refractivity contribution in [1.82, 2.24) is 0 Å². The predicted molar refractivity (Wildman–Crippen MR) is 61.9 cm³/mol. The third kappa shape index (κ3) is 3.15. The lowest BCUT2D eigenvalue weighted by Crippen LogP contribution is -2.33. The fourth-order valence-electron chi connectivity index (χ4n) is 1.36.